The van der Waals surface area contributed by atoms with Gasteiger partial charge in [-0.25, -0.2) is 0 Å². The average molecular weight is 778 g/mol. The highest BCUT2D eigenvalue weighted by Gasteiger charge is 2.44. The van der Waals surface area contributed by atoms with Crippen LogP contribution < -0.4 is 35.7 Å². The van der Waals surface area contributed by atoms with E-state index in [9.17, 15) is 0 Å². The van der Waals surface area contributed by atoms with E-state index in [1.165, 1.54) is 44.1 Å². The molecule has 1 aromatic heterocycles. The van der Waals surface area contributed by atoms with Gasteiger partial charge in [-0.2, -0.15) is 0 Å². The Hall–Kier alpha value is -7.18. The van der Waals surface area contributed by atoms with Crippen molar-refractivity contribution in [2.45, 2.75) is 34.6 Å². The molecule has 0 unspecified atom stereocenters. The molecule has 0 aliphatic carbocycles. The van der Waals surface area contributed by atoms with Gasteiger partial charge in [-0.3, -0.25) is 0 Å². The molecular weight excluding hydrogens is 733 g/mol. The molecule has 0 radical (unpaired) electrons. The number of aryl methyl sites for hydroxylation is 6. The first-order chi connectivity index (χ1) is 29.2. The SMILES string of the molecule is Cc1ccc(N(c2ccc(C)cc2)c2cc3c4c(c2)Oc2cc(N(c5ccc(C)cc5)c5ccc(C)cc5)c5c6ccccc6n(C)c5c2B4c2cc(C)ccc2O3)cc1. The molecule has 0 amide bonds. The van der Waals surface area contributed by atoms with Crippen LogP contribution in [0.2, 0.25) is 0 Å². The third-order valence-corrected chi connectivity index (χ3v) is 12.4. The smallest absolute Gasteiger partial charge is 0.263 e. The Kier molecular flexibility index (Phi) is 8.21. The molecular formula is C54H44BN3O2. The Bertz CT molecular complexity index is 3060. The van der Waals surface area contributed by atoms with Crippen LogP contribution >= 0.6 is 0 Å². The summed E-state index contributed by atoms with van der Waals surface area (Å²) < 4.78 is 16.7. The number of aromatic nitrogens is 1. The summed E-state index contributed by atoms with van der Waals surface area (Å²) in [5.74, 6) is 3.29. The molecule has 0 saturated heterocycles. The van der Waals surface area contributed by atoms with Crippen LogP contribution in [0.1, 0.15) is 27.8 Å². The van der Waals surface area contributed by atoms with E-state index >= 15 is 0 Å². The fourth-order valence-corrected chi connectivity index (χ4v) is 9.40. The van der Waals surface area contributed by atoms with Crippen LogP contribution in [0.25, 0.3) is 21.8 Å². The van der Waals surface area contributed by atoms with E-state index in [0.29, 0.717) is 0 Å². The number of hydrogen-bond donors (Lipinski definition) is 0. The third kappa shape index (κ3) is 5.70. The van der Waals surface area contributed by atoms with Gasteiger partial charge in [0, 0.05) is 75.3 Å². The molecule has 290 valence electrons. The maximum atomic E-state index is 7.38. The minimum Gasteiger partial charge on any atom is -0.458 e. The summed E-state index contributed by atoms with van der Waals surface area (Å²) in [6, 6.07) is 57.2. The van der Waals surface area contributed by atoms with E-state index in [1.807, 2.05) is 0 Å². The maximum absolute atomic E-state index is 7.38. The second kappa shape index (κ2) is 13.7. The fourth-order valence-electron chi connectivity index (χ4n) is 9.40. The average Bonchev–Trinajstić information content (AvgIpc) is 3.55. The first-order valence-corrected chi connectivity index (χ1v) is 20.8. The molecule has 3 heterocycles. The van der Waals surface area contributed by atoms with Crippen molar-refractivity contribution in [3.05, 3.63) is 186 Å². The van der Waals surface area contributed by atoms with Crippen molar-refractivity contribution >= 4 is 79.0 Å². The molecule has 60 heavy (non-hydrogen) atoms. The standard InChI is InChI=1S/C54H44BN3O2/c1-33-11-20-38(21-12-33)57(39-22-13-34(2)14-23-39)42-30-48-52-49(31-42)60-50-32-46(58(40-24-15-35(3)16-25-40)41-26-17-36(4)18-27-41)51-43-9-7-8-10-45(43)56(6)54(51)53(50)55(52)44-29-37(5)19-28-47(44)59-48/h7-32H,1-6H3. The van der Waals surface area contributed by atoms with E-state index in [2.05, 4.69) is 214 Å². The third-order valence-electron chi connectivity index (χ3n) is 12.4. The van der Waals surface area contributed by atoms with E-state index in [0.717, 1.165) is 79.0 Å². The van der Waals surface area contributed by atoms with Gasteiger partial charge in [0.1, 0.15) is 23.0 Å². The molecule has 6 heteroatoms. The molecule has 11 rings (SSSR count). The van der Waals surface area contributed by atoms with Crippen molar-refractivity contribution in [2.75, 3.05) is 9.80 Å². The number of rotatable bonds is 6. The van der Waals surface area contributed by atoms with Crippen molar-refractivity contribution in [3.8, 4) is 23.0 Å². The van der Waals surface area contributed by atoms with Gasteiger partial charge in [-0.05, 0) is 106 Å². The topological polar surface area (TPSA) is 29.9 Å². The molecule has 5 nitrogen and oxygen atoms in total. The maximum Gasteiger partial charge on any atom is 0.263 e. The predicted molar refractivity (Wildman–Crippen MR) is 251 cm³/mol. The van der Waals surface area contributed by atoms with Gasteiger partial charge in [-0.15, -0.1) is 0 Å². The zero-order valence-electron chi connectivity index (χ0n) is 34.7. The summed E-state index contributed by atoms with van der Waals surface area (Å²) >= 11 is 0. The summed E-state index contributed by atoms with van der Waals surface area (Å²) in [6.45, 7) is 10.6. The molecule has 0 saturated carbocycles. The van der Waals surface area contributed by atoms with Gasteiger partial charge >= 0.3 is 0 Å². The molecule has 0 spiro atoms. The molecule has 0 bridgehead atoms. The largest absolute Gasteiger partial charge is 0.458 e. The zero-order chi connectivity index (χ0) is 40.8. The van der Waals surface area contributed by atoms with E-state index in [-0.39, 0.29) is 6.71 Å². The van der Waals surface area contributed by atoms with Crippen LogP contribution in [0.3, 0.4) is 0 Å². The molecule has 9 aromatic rings. The number of benzene rings is 8. The van der Waals surface area contributed by atoms with Crippen LogP contribution in [0, 0.1) is 34.6 Å². The molecule has 2 aliphatic rings. The first kappa shape index (κ1) is 35.9. The van der Waals surface area contributed by atoms with Gasteiger partial charge < -0.3 is 23.8 Å². The number of hydrogen-bond acceptors (Lipinski definition) is 4. The molecule has 2 aliphatic heterocycles. The van der Waals surface area contributed by atoms with Gasteiger partial charge in [0.15, 0.2) is 0 Å². The molecule has 8 aromatic carbocycles. The lowest BCUT2D eigenvalue weighted by Gasteiger charge is -2.36. The quantitative estimate of drug-likeness (QED) is 0.157. The van der Waals surface area contributed by atoms with Crippen molar-refractivity contribution in [1.82, 2.24) is 4.57 Å². The first-order valence-electron chi connectivity index (χ1n) is 20.8. The molecule has 0 fully saturated rings. The van der Waals surface area contributed by atoms with Crippen LogP contribution in [-0.4, -0.2) is 11.3 Å². The zero-order valence-corrected chi connectivity index (χ0v) is 34.7. The highest BCUT2D eigenvalue weighted by molar-refractivity contribution is 6.99. The number of nitrogens with zero attached hydrogens (tertiary/aromatic N) is 3. The summed E-state index contributed by atoms with van der Waals surface area (Å²) in [6.07, 6.45) is 0. The van der Waals surface area contributed by atoms with E-state index in [4.69, 9.17) is 9.47 Å². The van der Waals surface area contributed by atoms with Crippen molar-refractivity contribution < 1.29 is 9.47 Å². The predicted octanol–water partition coefficient (Wildman–Crippen LogP) is 12.5. The Balaban J connectivity index is 1.22. The fraction of sp³-hybridized carbons (Fsp3) is 0.111. The number of para-hydroxylation sites is 1. The van der Waals surface area contributed by atoms with Crippen LogP contribution in [-0.2, 0) is 7.05 Å². The highest BCUT2D eigenvalue weighted by atomic mass is 16.5. The normalized spacial score (nSPS) is 12.4. The second-order valence-electron chi connectivity index (χ2n) is 16.7. The van der Waals surface area contributed by atoms with Gasteiger partial charge in [-0.1, -0.05) is 107 Å². The number of fused-ring (bicyclic) bond motifs is 8. The highest BCUT2D eigenvalue weighted by Crippen LogP contribution is 2.48. The number of anilines is 6. The summed E-state index contributed by atoms with van der Waals surface area (Å²) in [5, 5.41) is 2.38. The molecule has 0 atom stereocenters. The van der Waals surface area contributed by atoms with Crippen LogP contribution in [0.4, 0.5) is 34.1 Å². The summed E-state index contributed by atoms with van der Waals surface area (Å²) in [5.41, 5.74) is 18.0. The van der Waals surface area contributed by atoms with Crippen molar-refractivity contribution in [3.63, 3.8) is 0 Å². The van der Waals surface area contributed by atoms with Crippen LogP contribution in [0.15, 0.2) is 158 Å². The summed E-state index contributed by atoms with van der Waals surface area (Å²) in [4.78, 5) is 4.69. The lowest BCUT2D eigenvalue weighted by atomic mass is 9.34. The summed E-state index contributed by atoms with van der Waals surface area (Å²) in [7, 11) is 2.20. The lowest BCUT2D eigenvalue weighted by molar-refractivity contribution is 0.465. The Morgan fingerprint density at radius 2 is 0.900 bits per heavy atom. The van der Waals surface area contributed by atoms with Crippen LogP contribution in [0.5, 0.6) is 23.0 Å². The van der Waals surface area contributed by atoms with E-state index in [1.54, 1.807) is 0 Å². The van der Waals surface area contributed by atoms with Crippen molar-refractivity contribution in [2.24, 2.45) is 7.05 Å². The Labute approximate surface area is 351 Å². The number of ether oxygens (including phenoxy) is 2. The minimum absolute atomic E-state index is 0.143. The van der Waals surface area contributed by atoms with Gasteiger partial charge in [0.25, 0.3) is 6.71 Å². The second-order valence-corrected chi connectivity index (χ2v) is 16.7. The lowest BCUT2D eigenvalue weighted by Crippen LogP contribution is -2.58. The van der Waals surface area contributed by atoms with E-state index < -0.39 is 0 Å². The monoisotopic (exact) mass is 777 g/mol. The Morgan fingerprint density at radius 1 is 0.433 bits per heavy atom. The molecule has 0 N–H and O–H groups in total. The van der Waals surface area contributed by atoms with Gasteiger partial charge in [0.05, 0.1) is 11.4 Å². The van der Waals surface area contributed by atoms with Crippen molar-refractivity contribution in [1.29, 1.82) is 0 Å². The van der Waals surface area contributed by atoms with Gasteiger partial charge in [0.2, 0.25) is 0 Å². The minimum atomic E-state index is -0.143. The Morgan fingerprint density at radius 3 is 1.45 bits per heavy atom.